The Labute approximate surface area is 165 Å². The molecule has 1 aromatic heterocycles. The number of hydrogen-bond acceptors (Lipinski definition) is 4. The summed E-state index contributed by atoms with van der Waals surface area (Å²) in [6.07, 6.45) is 8.09. The molecule has 0 radical (unpaired) electrons. The Morgan fingerprint density at radius 2 is 1.96 bits per heavy atom. The third-order valence-corrected chi connectivity index (χ3v) is 5.23. The van der Waals surface area contributed by atoms with Gasteiger partial charge in [-0.05, 0) is 37.5 Å². The van der Waals surface area contributed by atoms with Gasteiger partial charge in [-0.15, -0.1) is 0 Å². The van der Waals surface area contributed by atoms with Crippen LogP contribution in [0.5, 0.6) is 5.75 Å². The third-order valence-electron chi connectivity index (χ3n) is 5.23. The molecule has 1 aromatic carbocycles. The van der Waals surface area contributed by atoms with Gasteiger partial charge in [0.1, 0.15) is 5.75 Å². The number of carbonyl (C=O) groups is 1. The minimum absolute atomic E-state index is 0.0731. The minimum Gasteiger partial charge on any atom is -0.497 e. The molecule has 0 spiro atoms. The van der Waals surface area contributed by atoms with E-state index >= 15 is 0 Å². The van der Waals surface area contributed by atoms with Crippen molar-refractivity contribution < 1.29 is 9.53 Å². The lowest BCUT2D eigenvalue weighted by atomic mass is 10.1. The quantitative estimate of drug-likeness (QED) is 0.742. The lowest BCUT2D eigenvalue weighted by Crippen LogP contribution is -2.34. The van der Waals surface area contributed by atoms with Crippen LogP contribution in [0.15, 0.2) is 41.2 Å². The second-order valence-corrected chi connectivity index (χ2v) is 7.37. The number of nitrogens with zero attached hydrogens (tertiary/aromatic N) is 2. The fourth-order valence-electron chi connectivity index (χ4n) is 3.66. The first-order valence-corrected chi connectivity index (χ1v) is 10.2. The number of carbonyl (C=O) groups excluding carboxylic acids is 1. The van der Waals surface area contributed by atoms with Gasteiger partial charge in [0.25, 0.3) is 5.56 Å². The standard InChI is InChI=1S/C22H29N3O3/c1-28-19-11-6-8-17(16-19)20-13-14-22(27)25(24-20)15-7-12-21(26)23-18-9-4-2-3-5-10-18/h6,8,11,13-14,16,18H,2-5,7,9-10,12,15H2,1H3,(H,23,26). The van der Waals surface area contributed by atoms with Crippen LogP contribution in [0.2, 0.25) is 0 Å². The smallest absolute Gasteiger partial charge is 0.266 e. The van der Waals surface area contributed by atoms with Crippen LogP contribution in [0.3, 0.4) is 0 Å². The lowest BCUT2D eigenvalue weighted by molar-refractivity contribution is -0.122. The van der Waals surface area contributed by atoms with Gasteiger partial charge in [0.15, 0.2) is 0 Å². The van der Waals surface area contributed by atoms with E-state index in [-0.39, 0.29) is 11.5 Å². The number of methoxy groups -OCH3 is 1. The van der Waals surface area contributed by atoms with Gasteiger partial charge in [0.2, 0.25) is 5.91 Å². The number of rotatable bonds is 7. The molecular weight excluding hydrogens is 354 g/mol. The maximum Gasteiger partial charge on any atom is 0.266 e. The van der Waals surface area contributed by atoms with E-state index in [4.69, 9.17) is 4.74 Å². The Morgan fingerprint density at radius 3 is 2.71 bits per heavy atom. The number of hydrogen-bond donors (Lipinski definition) is 1. The van der Waals surface area contributed by atoms with E-state index in [0.29, 0.717) is 31.1 Å². The van der Waals surface area contributed by atoms with Crippen molar-refractivity contribution in [2.75, 3.05) is 7.11 Å². The van der Waals surface area contributed by atoms with Gasteiger partial charge >= 0.3 is 0 Å². The van der Waals surface area contributed by atoms with Gasteiger partial charge < -0.3 is 10.1 Å². The molecule has 0 atom stereocenters. The van der Waals surface area contributed by atoms with E-state index in [2.05, 4.69) is 10.4 Å². The summed E-state index contributed by atoms with van der Waals surface area (Å²) in [5, 5.41) is 7.61. The lowest BCUT2D eigenvalue weighted by Gasteiger charge is -2.16. The maximum atomic E-state index is 12.2. The van der Waals surface area contributed by atoms with Gasteiger partial charge in [0.05, 0.1) is 12.8 Å². The Kier molecular flexibility index (Phi) is 7.23. The predicted octanol–water partition coefficient (Wildman–Crippen LogP) is 3.54. The first-order chi connectivity index (χ1) is 13.7. The molecule has 0 aliphatic heterocycles. The first kappa shape index (κ1) is 20.1. The zero-order chi connectivity index (χ0) is 19.8. The minimum atomic E-state index is -0.157. The van der Waals surface area contributed by atoms with Crippen LogP contribution in [0.1, 0.15) is 51.4 Å². The highest BCUT2D eigenvalue weighted by molar-refractivity contribution is 5.76. The molecule has 0 bridgehead atoms. The van der Waals surface area contributed by atoms with Gasteiger partial charge in [-0.1, -0.05) is 37.8 Å². The highest BCUT2D eigenvalue weighted by atomic mass is 16.5. The normalized spacial score (nSPS) is 15.0. The third kappa shape index (κ3) is 5.68. The molecule has 6 heteroatoms. The van der Waals surface area contributed by atoms with Crippen molar-refractivity contribution in [3.05, 3.63) is 46.8 Å². The average Bonchev–Trinajstić information content (AvgIpc) is 2.98. The monoisotopic (exact) mass is 383 g/mol. The molecule has 1 aliphatic rings. The van der Waals surface area contributed by atoms with Crippen LogP contribution in [-0.2, 0) is 11.3 Å². The number of ether oxygens (including phenoxy) is 1. The molecule has 1 heterocycles. The number of aromatic nitrogens is 2. The van der Waals surface area contributed by atoms with Crippen LogP contribution in [0.4, 0.5) is 0 Å². The number of nitrogens with one attached hydrogen (secondary N) is 1. The number of aryl methyl sites for hydroxylation is 1. The molecule has 2 aromatic rings. The summed E-state index contributed by atoms with van der Waals surface area (Å²) in [5.41, 5.74) is 1.44. The van der Waals surface area contributed by atoms with Crippen LogP contribution in [-0.4, -0.2) is 28.8 Å². The molecule has 0 saturated heterocycles. The summed E-state index contributed by atoms with van der Waals surface area (Å²) >= 11 is 0. The van der Waals surface area contributed by atoms with Gasteiger partial charge in [-0.25, -0.2) is 4.68 Å². The molecule has 1 N–H and O–H groups in total. The molecule has 0 unspecified atom stereocenters. The Balaban J connectivity index is 1.56. The molecule has 1 saturated carbocycles. The van der Waals surface area contributed by atoms with E-state index in [0.717, 1.165) is 24.2 Å². The van der Waals surface area contributed by atoms with Crippen LogP contribution in [0, 0.1) is 0 Å². The van der Waals surface area contributed by atoms with Crippen molar-refractivity contribution in [3.63, 3.8) is 0 Å². The Morgan fingerprint density at radius 1 is 1.18 bits per heavy atom. The van der Waals surface area contributed by atoms with E-state index in [1.807, 2.05) is 24.3 Å². The summed E-state index contributed by atoms with van der Waals surface area (Å²) in [6.45, 7) is 0.425. The van der Waals surface area contributed by atoms with E-state index < -0.39 is 0 Å². The molecule has 1 fully saturated rings. The molecule has 3 rings (SSSR count). The van der Waals surface area contributed by atoms with Crippen molar-refractivity contribution >= 4 is 5.91 Å². The number of benzene rings is 1. The molecule has 1 aliphatic carbocycles. The van der Waals surface area contributed by atoms with Crippen molar-refractivity contribution in [1.29, 1.82) is 0 Å². The highest BCUT2D eigenvalue weighted by Gasteiger charge is 2.14. The van der Waals surface area contributed by atoms with Gasteiger partial charge in [0, 0.05) is 30.6 Å². The average molecular weight is 383 g/mol. The second-order valence-electron chi connectivity index (χ2n) is 7.37. The summed E-state index contributed by atoms with van der Waals surface area (Å²) in [6, 6.07) is 11.1. The van der Waals surface area contributed by atoms with Crippen molar-refractivity contribution in [3.8, 4) is 17.0 Å². The van der Waals surface area contributed by atoms with Crippen LogP contribution in [0.25, 0.3) is 11.3 Å². The van der Waals surface area contributed by atoms with Crippen LogP contribution < -0.4 is 15.6 Å². The topological polar surface area (TPSA) is 73.2 Å². The molecule has 28 heavy (non-hydrogen) atoms. The van der Waals surface area contributed by atoms with Crippen molar-refractivity contribution in [2.24, 2.45) is 0 Å². The summed E-state index contributed by atoms with van der Waals surface area (Å²) in [5.74, 6) is 0.816. The highest BCUT2D eigenvalue weighted by Crippen LogP contribution is 2.21. The first-order valence-electron chi connectivity index (χ1n) is 10.2. The van der Waals surface area contributed by atoms with E-state index in [9.17, 15) is 9.59 Å². The molecule has 150 valence electrons. The largest absolute Gasteiger partial charge is 0.497 e. The van der Waals surface area contributed by atoms with Crippen molar-refractivity contribution in [2.45, 2.75) is 64.0 Å². The molecular formula is C22H29N3O3. The zero-order valence-electron chi connectivity index (χ0n) is 16.5. The number of amides is 1. The van der Waals surface area contributed by atoms with Crippen LogP contribution >= 0.6 is 0 Å². The Hall–Kier alpha value is -2.63. The molecule has 6 nitrogen and oxygen atoms in total. The predicted molar refractivity (Wildman–Crippen MR) is 109 cm³/mol. The fourth-order valence-corrected chi connectivity index (χ4v) is 3.66. The Bertz CT molecular complexity index is 839. The zero-order valence-corrected chi connectivity index (χ0v) is 16.5. The second kappa shape index (κ2) is 10.1. The SMILES string of the molecule is COc1cccc(-c2ccc(=O)n(CCCC(=O)NC3CCCCCC3)n2)c1. The van der Waals surface area contributed by atoms with Gasteiger partial charge in [-0.2, -0.15) is 5.10 Å². The van der Waals surface area contributed by atoms with E-state index in [1.165, 1.54) is 36.4 Å². The van der Waals surface area contributed by atoms with Gasteiger partial charge in [-0.3, -0.25) is 9.59 Å². The summed E-state index contributed by atoms with van der Waals surface area (Å²) in [4.78, 5) is 24.4. The van der Waals surface area contributed by atoms with Crippen molar-refractivity contribution in [1.82, 2.24) is 15.1 Å². The molecule has 1 amide bonds. The maximum absolute atomic E-state index is 12.2. The summed E-state index contributed by atoms with van der Waals surface area (Å²) < 4.78 is 6.69. The fraction of sp³-hybridized carbons (Fsp3) is 0.500. The summed E-state index contributed by atoms with van der Waals surface area (Å²) in [7, 11) is 1.62. The van der Waals surface area contributed by atoms with E-state index in [1.54, 1.807) is 13.2 Å².